The number of terminal acetylenes is 1. The van der Waals surface area contributed by atoms with Crippen LogP contribution in [-0.2, 0) is 6.42 Å². The first-order chi connectivity index (χ1) is 9.58. The number of aromatic carboxylic acids is 1. The molecule has 5 nitrogen and oxygen atoms in total. The second-order valence-electron chi connectivity index (χ2n) is 4.21. The Balaban J connectivity index is 2.48. The molecule has 1 aromatic rings. The molecule has 0 aliphatic rings. The molecule has 0 saturated carbocycles. The van der Waals surface area contributed by atoms with E-state index in [1.165, 1.54) is 11.0 Å². The molecule has 0 aromatic heterocycles. The quantitative estimate of drug-likeness (QED) is 0.774. The summed E-state index contributed by atoms with van der Waals surface area (Å²) < 4.78 is 0. The Kier molecular flexibility index (Phi) is 6.11. The molecule has 0 aliphatic carbocycles. The number of carbonyl (C=O) groups is 2. The van der Waals surface area contributed by atoms with E-state index in [1.807, 2.05) is 13.0 Å². The lowest BCUT2D eigenvalue weighted by molar-refractivity contribution is 0.0696. The molecule has 0 atom stereocenters. The number of nitrogens with zero attached hydrogens (tertiary/aromatic N) is 1. The molecule has 0 spiro atoms. The number of hydrogen-bond acceptors (Lipinski definition) is 2. The molecule has 1 aromatic carbocycles. The monoisotopic (exact) mass is 274 g/mol. The van der Waals surface area contributed by atoms with Crippen LogP contribution in [0.25, 0.3) is 0 Å². The van der Waals surface area contributed by atoms with Gasteiger partial charge in [-0.15, -0.1) is 6.42 Å². The standard InChI is InChI=1S/C15H18N2O3/c1-3-10-17(4-2)15(20)16-9-8-12-6-5-7-13(11-12)14(18)19/h1,5-7,11H,4,8-10H2,2H3,(H,16,20)(H,18,19). The Bertz CT molecular complexity index is 520. The van der Waals surface area contributed by atoms with Crippen molar-refractivity contribution in [2.45, 2.75) is 13.3 Å². The first kappa shape index (κ1) is 15.6. The van der Waals surface area contributed by atoms with Crippen molar-refractivity contribution in [2.24, 2.45) is 0 Å². The molecule has 0 heterocycles. The minimum absolute atomic E-state index is 0.208. The molecular weight excluding hydrogens is 256 g/mol. The molecule has 0 fully saturated rings. The van der Waals surface area contributed by atoms with Crippen LogP contribution in [0, 0.1) is 12.3 Å². The van der Waals surface area contributed by atoms with Gasteiger partial charge in [0.05, 0.1) is 12.1 Å². The van der Waals surface area contributed by atoms with Gasteiger partial charge in [-0.1, -0.05) is 18.1 Å². The number of nitrogens with one attached hydrogen (secondary N) is 1. The molecule has 5 heteroatoms. The minimum Gasteiger partial charge on any atom is -0.478 e. The number of rotatable bonds is 6. The van der Waals surface area contributed by atoms with Crippen molar-refractivity contribution in [3.8, 4) is 12.3 Å². The first-order valence-electron chi connectivity index (χ1n) is 6.37. The Morgan fingerprint density at radius 3 is 2.80 bits per heavy atom. The third-order valence-electron chi connectivity index (χ3n) is 2.81. The summed E-state index contributed by atoms with van der Waals surface area (Å²) in [5, 5.41) is 11.7. The van der Waals surface area contributed by atoms with Crippen molar-refractivity contribution in [3.05, 3.63) is 35.4 Å². The van der Waals surface area contributed by atoms with Gasteiger partial charge in [0.25, 0.3) is 0 Å². The number of carboxylic acids is 1. The zero-order valence-corrected chi connectivity index (χ0v) is 11.4. The van der Waals surface area contributed by atoms with E-state index in [0.717, 1.165) is 5.56 Å². The maximum absolute atomic E-state index is 11.8. The van der Waals surface area contributed by atoms with Crippen molar-refractivity contribution in [2.75, 3.05) is 19.6 Å². The number of urea groups is 1. The smallest absolute Gasteiger partial charge is 0.335 e. The van der Waals surface area contributed by atoms with Gasteiger partial charge in [0.1, 0.15) is 0 Å². The summed E-state index contributed by atoms with van der Waals surface area (Å²) in [7, 11) is 0. The highest BCUT2D eigenvalue weighted by Crippen LogP contribution is 2.05. The molecule has 106 valence electrons. The molecule has 2 amide bonds. The van der Waals surface area contributed by atoms with Crippen molar-refractivity contribution >= 4 is 12.0 Å². The fraction of sp³-hybridized carbons (Fsp3) is 0.333. The maximum atomic E-state index is 11.8. The highest BCUT2D eigenvalue weighted by molar-refractivity contribution is 5.87. The van der Waals surface area contributed by atoms with Crippen molar-refractivity contribution in [3.63, 3.8) is 0 Å². The predicted octanol–water partition coefficient (Wildman–Crippen LogP) is 1.59. The highest BCUT2D eigenvalue weighted by atomic mass is 16.4. The number of carbonyl (C=O) groups excluding carboxylic acids is 1. The van der Waals surface area contributed by atoms with E-state index in [4.69, 9.17) is 11.5 Å². The second kappa shape index (κ2) is 7.85. The van der Waals surface area contributed by atoms with Crippen LogP contribution in [0.2, 0.25) is 0 Å². The van der Waals surface area contributed by atoms with Gasteiger partial charge in [0.15, 0.2) is 0 Å². The Morgan fingerprint density at radius 1 is 1.45 bits per heavy atom. The van der Waals surface area contributed by atoms with Gasteiger partial charge in [-0.3, -0.25) is 0 Å². The van der Waals surface area contributed by atoms with E-state index in [2.05, 4.69) is 11.2 Å². The van der Waals surface area contributed by atoms with Crippen LogP contribution in [0.5, 0.6) is 0 Å². The van der Waals surface area contributed by atoms with E-state index < -0.39 is 5.97 Å². The third kappa shape index (κ3) is 4.65. The molecule has 0 aliphatic heterocycles. The van der Waals surface area contributed by atoms with E-state index in [0.29, 0.717) is 19.5 Å². The molecule has 0 unspecified atom stereocenters. The Morgan fingerprint density at radius 2 is 2.20 bits per heavy atom. The van der Waals surface area contributed by atoms with Crippen LogP contribution >= 0.6 is 0 Å². The van der Waals surface area contributed by atoms with Crippen molar-refractivity contribution in [1.82, 2.24) is 10.2 Å². The average Bonchev–Trinajstić information content (AvgIpc) is 2.44. The summed E-state index contributed by atoms with van der Waals surface area (Å²) >= 11 is 0. The topological polar surface area (TPSA) is 69.6 Å². The summed E-state index contributed by atoms with van der Waals surface area (Å²) in [5.74, 6) is 1.47. The van der Waals surface area contributed by atoms with Crippen LogP contribution in [0.15, 0.2) is 24.3 Å². The van der Waals surface area contributed by atoms with E-state index in [1.54, 1.807) is 12.1 Å². The fourth-order valence-electron chi connectivity index (χ4n) is 1.72. The third-order valence-corrected chi connectivity index (χ3v) is 2.81. The van der Waals surface area contributed by atoms with Crippen molar-refractivity contribution in [1.29, 1.82) is 0 Å². The van der Waals surface area contributed by atoms with Gasteiger partial charge < -0.3 is 15.3 Å². The van der Waals surface area contributed by atoms with Crippen LogP contribution in [0.4, 0.5) is 4.79 Å². The Hall–Kier alpha value is -2.48. The molecule has 0 bridgehead atoms. The van der Waals surface area contributed by atoms with Gasteiger partial charge in [-0.05, 0) is 31.0 Å². The predicted molar refractivity (Wildman–Crippen MR) is 76.6 cm³/mol. The summed E-state index contributed by atoms with van der Waals surface area (Å²) in [4.78, 5) is 24.1. The van der Waals surface area contributed by atoms with E-state index in [9.17, 15) is 9.59 Å². The lowest BCUT2D eigenvalue weighted by atomic mass is 10.1. The summed E-state index contributed by atoms with van der Waals surface area (Å²) in [6.07, 6.45) is 5.75. The number of carboxylic acid groups (broad SMARTS) is 1. The number of amides is 2. The first-order valence-corrected chi connectivity index (χ1v) is 6.37. The average molecular weight is 274 g/mol. The Labute approximate surface area is 118 Å². The molecule has 1 rings (SSSR count). The molecule has 0 radical (unpaired) electrons. The normalized spacial score (nSPS) is 9.60. The van der Waals surface area contributed by atoms with Gasteiger partial charge in [0.2, 0.25) is 0 Å². The second-order valence-corrected chi connectivity index (χ2v) is 4.21. The van der Waals surface area contributed by atoms with Crippen molar-refractivity contribution < 1.29 is 14.7 Å². The minimum atomic E-state index is -0.956. The van der Waals surface area contributed by atoms with E-state index in [-0.39, 0.29) is 18.1 Å². The van der Waals surface area contributed by atoms with Crippen LogP contribution < -0.4 is 5.32 Å². The zero-order valence-electron chi connectivity index (χ0n) is 11.4. The largest absolute Gasteiger partial charge is 0.478 e. The number of benzene rings is 1. The molecular formula is C15H18N2O3. The molecule has 0 saturated heterocycles. The summed E-state index contributed by atoms with van der Waals surface area (Å²) in [5.41, 5.74) is 1.11. The van der Waals surface area contributed by atoms with Crippen LogP contribution in [0.1, 0.15) is 22.8 Å². The zero-order chi connectivity index (χ0) is 15.0. The SMILES string of the molecule is C#CCN(CC)C(=O)NCCc1cccc(C(=O)O)c1. The van der Waals surface area contributed by atoms with Gasteiger partial charge >= 0.3 is 12.0 Å². The van der Waals surface area contributed by atoms with Gasteiger partial charge in [0, 0.05) is 13.1 Å². The van der Waals surface area contributed by atoms with Crippen LogP contribution in [0.3, 0.4) is 0 Å². The highest BCUT2D eigenvalue weighted by Gasteiger charge is 2.09. The van der Waals surface area contributed by atoms with E-state index >= 15 is 0 Å². The molecule has 20 heavy (non-hydrogen) atoms. The summed E-state index contributed by atoms with van der Waals surface area (Å²) in [6.45, 7) is 3.11. The maximum Gasteiger partial charge on any atom is 0.335 e. The lowest BCUT2D eigenvalue weighted by Gasteiger charge is -2.18. The summed E-state index contributed by atoms with van der Waals surface area (Å²) in [6, 6.07) is 6.46. The van der Waals surface area contributed by atoms with Gasteiger partial charge in [-0.2, -0.15) is 0 Å². The van der Waals surface area contributed by atoms with Gasteiger partial charge in [-0.25, -0.2) is 9.59 Å². The number of hydrogen-bond donors (Lipinski definition) is 2. The molecule has 2 N–H and O–H groups in total. The fourth-order valence-corrected chi connectivity index (χ4v) is 1.72. The van der Waals surface area contributed by atoms with Crippen LogP contribution in [-0.4, -0.2) is 41.6 Å². The lowest BCUT2D eigenvalue weighted by Crippen LogP contribution is -2.40.